The van der Waals surface area contributed by atoms with Crippen LogP contribution in [0.5, 0.6) is 0 Å². The second-order valence-electron chi connectivity index (χ2n) is 7.05. The minimum atomic E-state index is 0. The lowest BCUT2D eigenvalue weighted by Gasteiger charge is -2.37. The van der Waals surface area contributed by atoms with Gasteiger partial charge in [-0.25, -0.2) is 0 Å². The Morgan fingerprint density at radius 1 is 1.13 bits per heavy atom. The third-order valence-corrected chi connectivity index (χ3v) is 5.54. The van der Waals surface area contributed by atoms with Crippen molar-refractivity contribution in [2.24, 2.45) is 5.92 Å². The van der Waals surface area contributed by atoms with Crippen LogP contribution in [0.15, 0.2) is 18.2 Å². The van der Waals surface area contributed by atoms with Crippen LogP contribution in [-0.4, -0.2) is 50.7 Å². The lowest BCUT2D eigenvalue weighted by molar-refractivity contribution is 0.226. The van der Waals surface area contributed by atoms with E-state index in [-0.39, 0.29) is 12.4 Å². The molecule has 23 heavy (non-hydrogen) atoms. The monoisotopic (exact) mass is 337 g/mol. The molecule has 2 aliphatic heterocycles. The van der Waals surface area contributed by atoms with E-state index in [0.29, 0.717) is 0 Å². The molecular formula is C19H32ClN3. The van der Waals surface area contributed by atoms with Crippen molar-refractivity contribution >= 4 is 18.1 Å². The predicted molar refractivity (Wildman–Crippen MR) is 102 cm³/mol. The van der Waals surface area contributed by atoms with Gasteiger partial charge < -0.3 is 10.2 Å². The summed E-state index contributed by atoms with van der Waals surface area (Å²) in [6.45, 7) is 13.0. The summed E-state index contributed by atoms with van der Waals surface area (Å²) in [4.78, 5) is 5.23. The summed E-state index contributed by atoms with van der Waals surface area (Å²) in [5.74, 6) is 0.908. The lowest BCUT2D eigenvalue weighted by atomic mass is 9.96. The van der Waals surface area contributed by atoms with Gasteiger partial charge in [0.15, 0.2) is 0 Å². The molecule has 1 atom stereocenters. The van der Waals surface area contributed by atoms with Crippen LogP contribution in [0, 0.1) is 19.8 Å². The molecule has 2 aliphatic rings. The van der Waals surface area contributed by atoms with Crippen LogP contribution in [0.4, 0.5) is 5.69 Å². The van der Waals surface area contributed by atoms with Crippen LogP contribution in [0.25, 0.3) is 0 Å². The first-order chi connectivity index (χ1) is 10.7. The number of halogens is 1. The van der Waals surface area contributed by atoms with Crippen molar-refractivity contribution in [1.82, 2.24) is 10.2 Å². The summed E-state index contributed by atoms with van der Waals surface area (Å²) in [6.07, 6.45) is 4.16. The number of hydrogen-bond acceptors (Lipinski definition) is 3. The fourth-order valence-corrected chi connectivity index (χ4v) is 3.83. The smallest absolute Gasteiger partial charge is 0.0399 e. The number of hydrogen-bond donors (Lipinski definition) is 1. The van der Waals surface area contributed by atoms with E-state index in [2.05, 4.69) is 47.2 Å². The predicted octanol–water partition coefficient (Wildman–Crippen LogP) is 3.24. The van der Waals surface area contributed by atoms with Crippen LogP contribution in [0.2, 0.25) is 0 Å². The van der Waals surface area contributed by atoms with E-state index in [1.54, 1.807) is 0 Å². The highest BCUT2D eigenvalue weighted by molar-refractivity contribution is 5.85. The van der Waals surface area contributed by atoms with Crippen molar-refractivity contribution in [3.8, 4) is 0 Å². The zero-order valence-corrected chi connectivity index (χ0v) is 15.5. The Morgan fingerprint density at radius 2 is 1.91 bits per heavy atom. The van der Waals surface area contributed by atoms with E-state index in [4.69, 9.17) is 0 Å². The van der Waals surface area contributed by atoms with Crippen molar-refractivity contribution < 1.29 is 0 Å². The van der Waals surface area contributed by atoms with Gasteiger partial charge >= 0.3 is 0 Å². The van der Waals surface area contributed by atoms with Crippen LogP contribution in [-0.2, 0) is 0 Å². The van der Waals surface area contributed by atoms with E-state index in [1.165, 1.54) is 81.9 Å². The van der Waals surface area contributed by atoms with Gasteiger partial charge in [0, 0.05) is 31.9 Å². The molecule has 1 aromatic rings. The summed E-state index contributed by atoms with van der Waals surface area (Å²) in [5, 5.41) is 3.54. The fraction of sp³-hybridized carbons (Fsp3) is 0.684. The van der Waals surface area contributed by atoms with Gasteiger partial charge in [-0.15, -0.1) is 12.4 Å². The Balaban J connectivity index is 0.00000192. The summed E-state index contributed by atoms with van der Waals surface area (Å²) in [6, 6.07) is 6.69. The molecule has 2 heterocycles. The number of piperidine rings is 1. The molecule has 0 amide bonds. The number of benzene rings is 1. The van der Waals surface area contributed by atoms with Crippen molar-refractivity contribution in [2.45, 2.75) is 33.1 Å². The minimum absolute atomic E-state index is 0. The molecule has 4 heteroatoms. The summed E-state index contributed by atoms with van der Waals surface area (Å²) < 4.78 is 0. The molecule has 3 nitrogen and oxygen atoms in total. The van der Waals surface area contributed by atoms with E-state index >= 15 is 0 Å². The number of nitrogens with zero attached hydrogens (tertiary/aromatic N) is 2. The van der Waals surface area contributed by atoms with Gasteiger partial charge in [-0.05, 0) is 75.9 Å². The minimum Gasteiger partial charge on any atom is -0.369 e. The molecule has 1 unspecified atom stereocenters. The maximum absolute atomic E-state index is 3.54. The molecule has 130 valence electrons. The molecule has 0 aromatic heterocycles. The summed E-state index contributed by atoms with van der Waals surface area (Å²) in [7, 11) is 0. The Kier molecular flexibility index (Phi) is 7.19. The SMILES string of the molecule is Cc1cccc(N2CCN(CCC3CCCNC3)CC2)c1C.Cl. The second-order valence-corrected chi connectivity index (χ2v) is 7.05. The third kappa shape index (κ3) is 4.85. The van der Waals surface area contributed by atoms with Crippen LogP contribution < -0.4 is 10.2 Å². The average molecular weight is 338 g/mol. The zero-order valence-electron chi connectivity index (χ0n) is 14.7. The molecule has 2 saturated heterocycles. The topological polar surface area (TPSA) is 18.5 Å². The standard InChI is InChI=1S/C19H31N3.ClH/c1-16-5-3-7-19(17(16)2)22-13-11-21(12-14-22)10-8-18-6-4-9-20-15-18;/h3,5,7,18,20H,4,6,8-15H2,1-2H3;1H. The van der Waals surface area contributed by atoms with E-state index < -0.39 is 0 Å². The van der Waals surface area contributed by atoms with E-state index in [1.807, 2.05) is 0 Å². The molecule has 0 radical (unpaired) electrons. The van der Waals surface area contributed by atoms with E-state index in [0.717, 1.165) is 5.92 Å². The molecule has 1 N–H and O–H groups in total. The largest absolute Gasteiger partial charge is 0.369 e. The highest BCUT2D eigenvalue weighted by Gasteiger charge is 2.20. The quantitative estimate of drug-likeness (QED) is 0.910. The average Bonchev–Trinajstić information content (AvgIpc) is 2.57. The van der Waals surface area contributed by atoms with Gasteiger partial charge in [0.05, 0.1) is 0 Å². The second kappa shape index (κ2) is 8.91. The third-order valence-electron chi connectivity index (χ3n) is 5.54. The first kappa shape index (κ1) is 18.6. The Morgan fingerprint density at radius 3 is 2.61 bits per heavy atom. The molecule has 3 rings (SSSR count). The Bertz CT molecular complexity index is 478. The van der Waals surface area contributed by atoms with Crippen molar-refractivity contribution in [3.05, 3.63) is 29.3 Å². The van der Waals surface area contributed by atoms with Gasteiger partial charge in [-0.3, -0.25) is 4.90 Å². The highest BCUT2D eigenvalue weighted by atomic mass is 35.5. The number of nitrogens with one attached hydrogen (secondary N) is 1. The molecule has 0 saturated carbocycles. The fourth-order valence-electron chi connectivity index (χ4n) is 3.83. The summed E-state index contributed by atoms with van der Waals surface area (Å²) in [5.41, 5.74) is 4.30. The molecule has 0 bridgehead atoms. The number of aryl methyl sites for hydroxylation is 1. The number of piperazine rings is 1. The van der Waals surface area contributed by atoms with Crippen molar-refractivity contribution in [2.75, 3.05) is 50.7 Å². The van der Waals surface area contributed by atoms with Crippen LogP contribution in [0.3, 0.4) is 0 Å². The van der Waals surface area contributed by atoms with Gasteiger partial charge in [0.1, 0.15) is 0 Å². The molecule has 0 aliphatic carbocycles. The van der Waals surface area contributed by atoms with Gasteiger partial charge in [0.2, 0.25) is 0 Å². The summed E-state index contributed by atoms with van der Waals surface area (Å²) >= 11 is 0. The lowest BCUT2D eigenvalue weighted by Crippen LogP contribution is -2.47. The molecule has 0 spiro atoms. The maximum atomic E-state index is 3.54. The molecule has 2 fully saturated rings. The first-order valence-electron chi connectivity index (χ1n) is 8.98. The Hall–Kier alpha value is -0.770. The number of anilines is 1. The highest BCUT2D eigenvalue weighted by Crippen LogP contribution is 2.24. The molecular weight excluding hydrogens is 306 g/mol. The Labute approximate surface area is 147 Å². The van der Waals surface area contributed by atoms with Gasteiger partial charge in [-0.1, -0.05) is 12.1 Å². The zero-order chi connectivity index (χ0) is 15.4. The van der Waals surface area contributed by atoms with Crippen molar-refractivity contribution in [3.63, 3.8) is 0 Å². The van der Waals surface area contributed by atoms with Gasteiger partial charge in [0.25, 0.3) is 0 Å². The number of rotatable bonds is 4. The van der Waals surface area contributed by atoms with Crippen molar-refractivity contribution in [1.29, 1.82) is 0 Å². The van der Waals surface area contributed by atoms with Crippen LogP contribution >= 0.6 is 12.4 Å². The molecule has 1 aromatic carbocycles. The normalized spacial score (nSPS) is 22.7. The maximum Gasteiger partial charge on any atom is 0.0399 e. The van der Waals surface area contributed by atoms with Crippen LogP contribution in [0.1, 0.15) is 30.4 Å². The van der Waals surface area contributed by atoms with E-state index in [9.17, 15) is 0 Å². The first-order valence-corrected chi connectivity index (χ1v) is 8.98. The van der Waals surface area contributed by atoms with Gasteiger partial charge in [-0.2, -0.15) is 0 Å².